The number of hydrazine groups is 1. The van der Waals surface area contributed by atoms with Gasteiger partial charge in [-0.2, -0.15) is 4.68 Å². The maximum atomic E-state index is 13.8. The molecule has 0 atom stereocenters. The number of hydrogen-bond donors (Lipinski definition) is 3. The summed E-state index contributed by atoms with van der Waals surface area (Å²) in [5.74, 6) is 0.468. The van der Waals surface area contributed by atoms with Gasteiger partial charge in [0.1, 0.15) is 18.2 Å². The fourth-order valence-corrected chi connectivity index (χ4v) is 3.48. The van der Waals surface area contributed by atoms with E-state index < -0.39 is 18.1 Å². The Labute approximate surface area is 166 Å². The summed E-state index contributed by atoms with van der Waals surface area (Å²) in [6.07, 6.45) is 0. The van der Waals surface area contributed by atoms with Gasteiger partial charge in [0.05, 0.1) is 19.3 Å². The largest absolute Gasteiger partial charge is 0.497 e. The lowest BCUT2D eigenvalue weighted by atomic mass is 10.0. The highest BCUT2D eigenvalue weighted by Gasteiger charge is 2.18. The minimum Gasteiger partial charge on any atom is -0.497 e. The van der Waals surface area contributed by atoms with Crippen LogP contribution in [0.25, 0.3) is 5.69 Å². The minimum absolute atomic E-state index is 0.0698. The number of ether oxygens (including phenoxy) is 1. The molecule has 1 saturated heterocycles. The highest BCUT2D eigenvalue weighted by Crippen LogP contribution is 2.19. The van der Waals surface area contributed by atoms with Crippen LogP contribution >= 0.6 is 0 Å². The molecule has 3 N–H and O–H groups in total. The van der Waals surface area contributed by atoms with Crippen molar-refractivity contribution in [1.29, 1.82) is 0 Å². The second kappa shape index (κ2) is 8.16. The van der Waals surface area contributed by atoms with Crippen LogP contribution in [0.4, 0.5) is 4.39 Å². The number of rotatable bonds is 6. The van der Waals surface area contributed by atoms with Crippen LogP contribution in [0.2, 0.25) is 0 Å². The van der Waals surface area contributed by atoms with Gasteiger partial charge < -0.3 is 9.84 Å². The van der Waals surface area contributed by atoms with Crippen LogP contribution in [0.5, 0.6) is 5.75 Å². The molecule has 0 unspecified atom stereocenters. The van der Waals surface area contributed by atoms with Gasteiger partial charge in [0.15, 0.2) is 5.82 Å². The molecule has 8 nitrogen and oxygen atoms in total. The van der Waals surface area contributed by atoms with Gasteiger partial charge in [0.25, 0.3) is 0 Å². The van der Waals surface area contributed by atoms with Crippen molar-refractivity contribution in [3.05, 3.63) is 75.7 Å². The van der Waals surface area contributed by atoms with E-state index in [0.717, 1.165) is 18.7 Å². The van der Waals surface area contributed by atoms with E-state index in [-0.39, 0.29) is 12.4 Å². The summed E-state index contributed by atoms with van der Waals surface area (Å²) < 4.78 is 21.4. The summed E-state index contributed by atoms with van der Waals surface area (Å²) in [6, 6.07) is 11.8. The van der Waals surface area contributed by atoms with Crippen LogP contribution in [0.3, 0.4) is 0 Å². The molecule has 2 heterocycles. The van der Waals surface area contributed by atoms with Crippen molar-refractivity contribution in [3.63, 3.8) is 0 Å². The third kappa shape index (κ3) is 3.93. The van der Waals surface area contributed by atoms with Crippen LogP contribution in [0.1, 0.15) is 22.9 Å². The van der Waals surface area contributed by atoms with Gasteiger partial charge in [0, 0.05) is 25.1 Å². The van der Waals surface area contributed by atoms with E-state index in [4.69, 9.17) is 4.74 Å². The molecule has 0 bridgehead atoms. The molecule has 1 aliphatic rings. The summed E-state index contributed by atoms with van der Waals surface area (Å²) >= 11 is 0. The summed E-state index contributed by atoms with van der Waals surface area (Å²) in [7, 11) is 1.45. The predicted octanol–water partition coefficient (Wildman–Crippen LogP) is 0.914. The zero-order valence-corrected chi connectivity index (χ0v) is 15.9. The van der Waals surface area contributed by atoms with Crippen LogP contribution in [0, 0.1) is 5.82 Å². The van der Waals surface area contributed by atoms with Crippen molar-refractivity contribution < 1.29 is 14.2 Å². The lowest BCUT2D eigenvalue weighted by Crippen LogP contribution is -2.25. The van der Waals surface area contributed by atoms with Gasteiger partial charge in [-0.25, -0.2) is 9.18 Å². The van der Waals surface area contributed by atoms with Crippen molar-refractivity contribution in [2.75, 3.05) is 20.2 Å². The topological polar surface area (TPSA) is 93.3 Å². The molecule has 0 spiro atoms. The Morgan fingerprint density at radius 2 is 1.93 bits per heavy atom. The molecule has 1 fully saturated rings. The molecule has 152 valence electrons. The number of benzene rings is 2. The van der Waals surface area contributed by atoms with Gasteiger partial charge in [-0.1, -0.05) is 12.1 Å². The Morgan fingerprint density at radius 3 is 2.59 bits per heavy atom. The molecule has 29 heavy (non-hydrogen) atoms. The molecule has 4 rings (SSSR count). The molecule has 2 aromatic carbocycles. The first-order valence-electron chi connectivity index (χ1n) is 9.28. The lowest BCUT2D eigenvalue weighted by molar-refractivity contribution is 0.265. The predicted molar refractivity (Wildman–Crippen MR) is 105 cm³/mol. The quantitative estimate of drug-likeness (QED) is 0.571. The van der Waals surface area contributed by atoms with E-state index in [0.29, 0.717) is 22.9 Å². The number of aliphatic hydroxyl groups excluding tert-OH is 1. The van der Waals surface area contributed by atoms with Gasteiger partial charge in [-0.3, -0.25) is 15.4 Å². The Hall–Kier alpha value is -3.01. The van der Waals surface area contributed by atoms with Crippen LogP contribution in [-0.4, -0.2) is 39.7 Å². The molecule has 1 aliphatic heterocycles. The van der Waals surface area contributed by atoms with E-state index in [1.165, 1.54) is 28.5 Å². The molecule has 1 aromatic heterocycles. The summed E-state index contributed by atoms with van der Waals surface area (Å²) in [5, 5.41) is 13.9. The van der Waals surface area contributed by atoms with Crippen molar-refractivity contribution in [3.8, 4) is 11.4 Å². The standard InChI is InChI=1S/C20H22FN5O3/c1-29-18-7-13(6-16(21)8-18)11-25-19(12-27)24-26(20(25)28)17-4-2-14(3-5-17)15-9-22-23-10-15/h2-8,15,22-23,27H,9-12H2,1H3. The molecular weight excluding hydrogens is 377 g/mol. The van der Waals surface area contributed by atoms with Gasteiger partial charge in [0.2, 0.25) is 0 Å². The monoisotopic (exact) mass is 399 g/mol. The van der Waals surface area contributed by atoms with E-state index in [1.54, 1.807) is 6.07 Å². The van der Waals surface area contributed by atoms with E-state index in [9.17, 15) is 14.3 Å². The van der Waals surface area contributed by atoms with Gasteiger partial charge >= 0.3 is 5.69 Å². The third-order valence-corrected chi connectivity index (χ3v) is 5.02. The lowest BCUT2D eigenvalue weighted by Gasteiger charge is -2.08. The number of aromatic nitrogens is 3. The first kappa shape index (κ1) is 19.3. The Bertz CT molecular complexity index is 1050. The van der Waals surface area contributed by atoms with Crippen LogP contribution in [0.15, 0.2) is 47.3 Å². The zero-order valence-electron chi connectivity index (χ0n) is 15.9. The zero-order chi connectivity index (χ0) is 20.4. The third-order valence-electron chi connectivity index (χ3n) is 5.02. The number of aliphatic hydroxyl groups is 1. The molecule has 9 heteroatoms. The number of methoxy groups -OCH3 is 1. The maximum Gasteiger partial charge on any atom is 0.351 e. The van der Waals surface area contributed by atoms with Crippen molar-refractivity contribution in [2.45, 2.75) is 19.1 Å². The molecule has 0 amide bonds. The molecule has 0 aliphatic carbocycles. The SMILES string of the molecule is COc1cc(F)cc(Cn2c(CO)nn(-c3ccc(C4CNNC4)cc3)c2=O)c1. The summed E-state index contributed by atoms with van der Waals surface area (Å²) in [4.78, 5) is 12.9. The van der Waals surface area contributed by atoms with Crippen molar-refractivity contribution >= 4 is 0 Å². The normalized spacial score (nSPS) is 14.4. The number of halogens is 1. The average Bonchev–Trinajstić information content (AvgIpc) is 3.37. The van der Waals surface area contributed by atoms with Crippen molar-refractivity contribution in [2.24, 2.45) is 0 Å². The second-order valence-corrected chi connectivity index (χ2v) is 6.90. The molecule has 0 radical (unpaired) electrons. The Kier molecular flexibility index (Phi) is 5.43. The van der Waals surface area contributed by atoms with Gasteiger partial charge in [-0.05, 0) is 35.4 Å². The van der Waals surface area contributed by atoms with Crippen LogP contribution < -0.4 is 21.3 Å². The molecular formula is C20H22FN5O3. The second-order valence-electron chi connectivity index (χ2n) is 6.90. The van der Waals surface area contributed by atoms with E-state index in [1.807, 2.05) is 24.3 Å². The maximum absolute atomic E-state index is 13.8. The first-order chi connectivity index (χ1) is 14.1. The number of nitrogens with zero attached hydrogens (tertiary/aromatic N) is 3. The summed E-state index contributed by atoms with van der Waals surface area (Å²) in [5.41, 5.74) is 8.08. The smallest absolute Gasteiger partial charge is 0.351 e. The fourth-order valence-electron chi connectivity index (χ4n) is 3.48. The van der Waals surface area contributed by atoms with Gasteiger partial charge in [-0.15, -0.1) is 5.10 Å². The fraction of sp³-hybridized carbons (Fsp3) is 0.300. The van der Waals surface area contributed by atoms with E-state index in [2.05, 4.69) is 16.0 Å². The number of nitrogens with one attached hydrogen (secondary N) is 2. The van der Waals surface area contributed by atoms with E-state index >= 15 is 0 Å². The number of hydrogen-bond acceptors (Lipinski definition) is 6. The van der Waals surface area contributed by atoms with Crippen molar-refractivity contribution in [1.82, 2.24) is 25.2 Å². The highest BCUT2D eigenvalue weighted by atomic mass is 19.1. The first-order valence-corrected chi connectivity index (χ1v) is 9.28. The average molecular weight is 399 g/mol. The van der Waals surface area contributed by atoms with Crippen LogP contribution in [-0.2, 0) is 13.2 Å². The Morgan fingerprint density at radius 1 is 1.21 bits per heavy atom. The summed E-state index contributed by atoms with van der Waals surface area (Å²) in [6.45, 7) is 1.35. The Balaban J connectivity index is 1.65. The minimum atomic E-state index is -0.461. The molecule has 0 saturated carbocycles. The molecule has 3 aromatic rings. The highest BCUT2D eigenvalue weighted by molar-refractivity contribution is 5.36.